The minimum absolute atomic E-state index is 0.136. The minimum atomic E-state index is -3.78. The molecule has 0 amide bonds. The molecule has 1 fully saturated rings. The summed E-state index contributed by atoms with van der Waals surface area (Å²) in [6.45, 7) is 1.99. The first kappa shape index (κ1) is 19.6. The molecule has 10 heteroatoms. The number of hydrogen-bond donors (Lipinski definition) is 1. The molecule has 1 saturated carbocycles. The quantitative estimate of drug-likeness (QED) is 0.560. The summed E-state index contributed by atoms with van der Waals surface area (Å²) in [4.78, 5) is 16.1. The monoisotopic (exact) mass is 433 g/mol. The smallest absolute Gasteiger partial charge is 0.338 e. The van der Waals surface area contributed by atoms with Gasteiger partial charge in [-0.05, 0) is 50.1 Å². The first-order valence-electron chi connectivity index (χ1n) is 9.19. The number of rotatable bonds is 7. The van der Waals surface area contributed by atoms with Crippen LogP contribution in [0.15, 0.2) is 44.4 Å². The van der Waals surface area contributed by atoms with Crippen molar-refractivity contribution in [2.24, 2.45) is 0 Å². The summed E-state index contributed by atoms with van der Waals surface area (Å²) in [6.07, 6.45) is 3.25. The maximum absolute atomic E-state index is 12.7. The zero-order chi connectivity index (χ0) is 20.4. The highest BCUT2D eigenvalue weighted by Gasteiger charge is 2.26. The number of carbonyl (C=O) groups is 1. The Bertz CT molecular complexity index is 1110. The molecule has 8 nitrogen and oxygen atoms in total. The van der Waals surface area contributed by atoms with Gasteiger partial charge in [0, 0.05) is 22.5 Å². The van der Waals surface area contributed by atoms with E-state index in [9.17, 15) is 13.2 Å². The van der Waals surface area contributed by atoms with E-state index in [2.05, 4.69) is 14.9 Å². The van der Waals surface area contributed by atoms with Gasteiger partial charge in [0.25, 0.3) is 10.0 Å². The van der Waals surface area contributed by atoms with Gasteiger partial charge in [-0.25, -0.2) is 13.2 Å². The molecule has 0 bridgehead atoms. The Labute approximate surface area is 172 Å². The van der Waals surface area contributed by atoms with E-state index in [-0.39, 0.29) is 10.8 Å². The maximum atomic E-state index is 12.7. The lowest BCUT2D eigenvalue weighted by Crippen LogP contribution is -2.12. The third kappa shape index (κ3) is 4.18. The van der Waals surface area contributed by atoms with Crippen LogP contribution in [0.5, 0.6) is 0 Å². The van der Waals surface area contributed by atoms with E-state index in [1.807, 2.05) is 0 Å². The number of anilines is 1. The van der Waals surface area contributed by atoms with Crippen molar-refractivity contribution in [3.05, 3.63) is 47.2 Å². The van der Waals surface area contributed by atoms with E-state index < -0.39 is 16.0 Å². The number of nitrogens with one attached hydrogen (secondary N) is 1. The van der Waals surface area contributed by atoms with Crippen LogP contribution in [0, 0.1) is 0 Å². The van der Waals surface area contributed by atoms with Crippen LogP contribution in [0.25, 0.3) is 11.4 Å². The van der Waals surface area contributed by atoms with E-state index in [1.165, 1.54) is 30.3 Å². The summed E-state index contributed by atoms with van der Waals surface area (Å²) in [7, 11) is -3.78. The number of hydrogen-bond acceptors (Lipinski definition) is 8. The first-order chi connectivity index (χ1) is 14.0. The molecule has 152 valence electrons. The van der Waals surface area contributed by atoms with E-state index in [4.69, 9.17) is 9.26 Å². The molecule has 1 N–H and O–H groups in total. The summed E-state index contributed by atoms with van der Waals surface area (Å²) in [6, 6.07) is 7.58. The number of ether oxygens (including phenoxy) is 1. The summed E-state index contributed by atoms with van der Waals surface area (Å²) in [5.41, 5.74) is 1.30. The summed E-state index contributed by atoms with van der Waals surface area (Å²) in [5, 5.41) is 5.66. The third-order valence-corrected chi connectivity index (χ3v) is 7.46. The molecule has 0 radical (unpaired) electrons. The molecule has 0 aliphatic heterocycles. The number of sulfonamides is 1. The SMILES string of the molecule is CCOC(=O)c1ccc(NS(=O)(=O)c2cc(-c3noc(C4CCC4)n3)cs2)cc1. The lowest BCUT2D eigenvalue weighted by molar-refractivity contribution is 0.0526. The topological polar surface area (TPSA) is 111 Å². The van der Waals surface area contributed by atoms with Crippen LogP contribution in [0.3, 0.4) is 0 Å². The lowest BCUT2D eigenvalue weighted by atomic mass is 9.85. The molecule has 3 aromatic rings. The van der Waals surface area contributed by atoms with Crippen molar-refractivity contribution in [3.63, 3.8) is 0 Å². The number of carbonyl (C=O) groups excluding carboxylic acids is 1. The lowest BCUT2D eigenvalue weighted by Gasteiger charge is -2.20. The number of esters is 1. The van der Waals surface area contributed by atoms with E-state index in [0.717, 1.165) is 30.6 Å². The molecule has 2 heterocycles. The fourth-order valence-corrected chi connectivity index (χ4v) is 5.06. The van der Waals surface area contributed by atoms with Gasteiger partial charge < -0.3 is 9.26 Å². The van der Waals surface area contributed by atoms with Gasteiger partial charge in [-0.2, -0.15) is 4.98 Å². The number of nitrogens with zero attached hydrogens (tertiary/aromatic N) is 2. The summed E-state index contributed by atoms with van der Waals surface area (Å²) in [5.74, 6) is 0.869. The summed E-state index contributed by atoms with van der Waals surface area (Å²) < 4.78 is 38.2. The van der Waals surface area contributed by atoms with E-state index in [0.29, 0.717) is 34.4 Å². The van der Waals surface area contributed by atoms with Crippen molar-refractivity contribution in [3.8, 4) is 11.4 Å². The Balaban J connectivity index is 1.48. The molecule has 0 saturated heterocycles. The Morgan fingerprint density at radius 3 is 2.72 bits per heavy atom. The number of aromatic nitrogens is 2. The van der Waals surface area contributed by atoms with Gasteiger partial charge in [-0.15, -0.1) is 11.3 Å². The van der Waals surface area contributed by atoms with Crippen LogP contribution in [0.4, 0.5) is 5.69 Å². The predicted molar refractivity (Wildman–Crippen MR) is 107 cm³/mol. The van der Waals surface area contributed by atoms with Crippen LogP contribution in [0.1, 0.15) is 48.4 Å². The average molecular weight is 434 g/mol. The molecule has 0 unspecified atom stereocenters. The number of thiophene rings is 1. The second-order valence-corrected chi connectivity index (χ2v) is 9.46. The van der Waals surface area contributed by atoms with Gasteiger partial charge in [0.2, 0.25) is 11.7 Å². The highest BCUT2D eigenvalue weighted by Crippen LogP contribution is 2.36. The zero-order valence-corrected chi connectivity index (χ0v) is 17.3. The molecule has 2 aromatic heterocycles. The Hall–Kier alpha value is -2.72. The molecule has 0 spiro atoms. The maximum Gasteiger partial charge on any atom is 0.338 e. The fourth-order valence-electron chi connectivity index (χ4n) is 2.84. The molecule has 4 rings (SSSR count). The van der Waals surface area contributed by atoms with Crippen molar-refractivity contribution in [2.45, 2.75) is 36.3 Å². The second kappa shape index (κ2) is 7.96. The standard InChI is InChI=1S/C19H19N3O5S2/c1-2-26-19(23)13-6-8-15(9-7-13)22-29(24,25)16-10-14(11-28-16)17-20-18(27-21-17)12-4-3-5-12/h6-12,22H,2-5H2,1H3. The molecule has 1 aliphatic carbocycles. The van der Waals surface area contributed by atoms with Gasteiger partial charge >= 0.3 is 5.97 Å². The highest BCUT2D eigenvalue weighted by molar-refractivity contribution is 7.94. The summed E-state index contributed by atoms with van der Waals surface area (Å²) >= 11 is 1.08. The van der Waals surface area contributed by atoms with Crippen LogP contribution in [0.2, 0.25) is 0 Å². The number of benzene rings is 1. The largest absolute Gasteiger partial charge is 0.462 e. The van der Waals surface area contributed by atoms with Crippen LogP contribution >= 0.6 is 11.3 Å². The first-order valence-corrected chi connectivity index (χ1v) is 11.5. The molecule has 29 heavy (non-hydrogen) atoms. The predicted octanol–water partition coefficient (Wildman–Crippen LogP) is 4.04. The molecular formula is C19H19N3O5S2. The fraction of sp³-hybridized carbons (Fsp3) is 0.316. The van der Waals surface area contributed by atoms with Crippen LogP contribution < -0.4 is 4.72 Å². The van der Waals surface area contributed by atoms with Crippen molar-refractivity contribution in [2.75, 3.05) is 11.3 Å². The van der Waals surface area contributed by atoms with Crippen molar-refractivity contribution in [1.29, 1.82) is 0 Å². The average Bonchev–Trinajstić information content (AvgIpc) is 3.30. The molecular weight excluding hydrogens is 414 g/mol. The Kier molecular flexibility index (Phi) is 5.37. The van der Waals surface area contributed by atoms with Gasteiger partial charge in [0.05, 0.1) is 12.2 Å². The van der Waals surface area contributed by atoms with Gasteiger partial charge in [-0.3, -0.25) is 4.72 Å². The normalized spacial score (nSPS) is 14.4. The van der Waals surface area contributed by atoms with Crippen molar-refractivity contribution >= 4 is 33.0 Å². The zero-order valence-electron chi connectivity index (χ0n) is 15.6. The van der Waals surface area contributed by atoms with E-state index >= 15 is 0 Å². The molecule has 1 aromatic carbocycles. The van der Waals surface area contributed by atoms with Crippen LogP contribution in [-0.4, -0.2) is 31.1 Å². The van der Waals surface area contributed by atoms with Crippen molar-refractivity contribution in [1.82, 2.24) is 10.1 Å². The Morgan fingerprint density at radius 1 is 1.31 bits per heavy atom. The minimum Gasteiger partial charge on any atom is -0.462 e. The van der Waals surface area contributed by atoms with Gasteiger partial charge in [0.1, 0.15) is 4.21 Å². The molecule has 0 atom stereocenters. The Morgan fingerprint density at radius 2 is 2.07 bits per heavy atom. The van der Waals surface area contributed by atoms with Crippen LogP contribution in [-0.2, 0) is 14.8 Å². The van der Waals surface area contributed by atoms with Gasteiger partial charge in [0.15, 0.2) is 0 Å². The third-order valence-electron chi connectivity index (χ3n) is 4.64. The van der Waals surface area contributed by atoms with Crippen molar-refractivity contribution < 1.29 is 22.5 Å². The highest BCUT2D eigenvalue weighted by atomic mass is 32.2. The van der Waals surface area contributed by atoms with Gasteiger partial charge in [-0.1, -0.05) is 11.6 Å². The second-order valence-electron chi connectivity index (χ2n) is 6.64. The van der Waals surface area contributed by atoms with E-state index in [1.54, 1.807) is 12.3 Å². The molecule has 1 aliphatic rings.